The molecule has 0 bridgehead atoms. The van der Waals surface area contributed by atoms with Gasteiger partial charge < -0.3 is 10.2 Å². The summed E-state index contributed by atoms with van der Waals surface area (Å²) in [5.41, 5.74) is 1.68. The first kappa shape index (κ1) is 17.0. The summed E-state index contributed by atoms with van der Waals surface area (Å²) in [4.78, 5) is 16.8. The third-order valence-corrected chi connectivity index (χ3v) is 4.34. The molecule has 1 aliphatic rings. The molecule has 1 N–H and O–H groups in total. The monoisotopic (exact) mass is 321 g/mol. The van der Waals surface area contributed by atoms with Crippen LogP contribution in [0.1, 0.15) is 12.5 Å². The summed E-state index contributed by atoms with van der Waals surface area (Å²) < 4.78 is 0. The van der Waals surface area contributed by atoms with Gasteiger partial charge in [-0.3, -0.25) is 9.69 Å². The number of benzene rings is 1. The molecule has 2 rings (SSSR count). The highest BCUT2D eigenvalue weighted by atomic mass is 35.5. The standard InChI is InChI=1S/C17H24ClN3O/c1-13(10-14-4-6-15(18)7-5-14)17(22)19-11-16-12-20(2)8-9-21(16)3/h4-7,10,16H,8-9,11-12H2,1-3H3,(H,19,22)/b13-10+. The molecule has 0 saturated carbocycles. The van der Waals surface area contributed by atoms with E-state index in [0.717, 1.165) is 25.2 Å². The van der Waals surface area contributed by atoms with Crippen LogP contribution in [0, 0.1) is 0 Å². The molecule has 22 heavy (non-hydrogen) atoms. The normalized spacial score (nSPS) is 20.9. The van der Waals surface area contributed by atoms with Crippen LogP contribution in [0.25, 0.3) is 6.08 Å². The third kappa shape index (κ3) is 4.83. The lowest BCUT2D eigenvalue weighted by Crippen LogP contribution is -2.54. The molecule has 0 radical (unpaired) electrons. The second kappa shape index (κ2) is 7.77. The predicted molar refractivity (Wildman–Crippen MR) is 92.0 cm³/mol. The molecule has 0 aliphatic carbocycles. The van der Waals surface area contributed by atoms with Crippen molar-refractivity contribution in [3.8, 4) is 0 Å². The van der Waals surface area contributed by atoms with Crippen molar-refractivity contribution < 1.29 is 4.79 Å². The Morgan fingerprint density at radius 3 is 2.68 bits per heavy atom. The maximum absolute atomic E-state index is 12.2. The Kier molecular flexibility index (Phi) is 6.00. The third-order valence-electron chi connectivity index (χ3n) is 4.09. The number of carbonyl (C=O) groups is 1. The zero-order valence-corrected chi connectivity index (χ0v) is 14.2. The van der Waals surface area contributed by atoms with Gasteiger partial charge >= 0.3 is 0 Å². The Morgan fingerprint density at radius 2 is 2.00 bits per heavy atom. The summed E-state index contributed by atoms with van der Waals surface area (Å²) in [5, 5.41) is 3.73. The van der Waals surface area contributed by atoms with Crippen LogP contribution in [0.15, 0.2) is 29.8 Å². The maximum atomic E-state index is 12.2. The van der Waals surface area contributed by atoms with Crippen LogP contribution in [0.2, 0.25) is 5.02 Å². The lowest BCUT2D eigenvalue weighted by Gasteiger charge is -2.37. The van der Waals surface area contributed by atoms with E-state index in [2.05, 4.69) is 29.2 Å². The largest absolute Gasteiger partial charge is 0.351 e. The van der Waals surface area contributed by atoms with Crippen LogP contribution >= 0.6 is 11.6 Å². The molecule has 0 spiro atoms. The molecule has 1 aromatic rings. The minimum atomic E-state index is -0.0171. The summed E-state index contributed by atoms with van der Waals surface area (Å²) in [5.74, 6) is -0.0171. The molecular weight excluding hydrogens is 298 g/mol. The maximum Gasteiger partial charge on any atom is 0.246 e. The summed E-state index contributed by atoms with van der Waals surface area (Å²) in [6.07, 6.45) is 1.88. The van der Waals surface area contributed by atoms with Crippen LogP contribution in [0.4, 0.5) is 0 Å². The van der Waals surface area contributed by atoms with Crippen molar-refractivity contribution in [2.75, 3.05) is 40.3 Å². The van der Waals surface area contributed by atoms with E-state index in [0.29, 0.717) is 23.2 Å². The van der Waals surface area contributed by atoms with Gasteiger partial charge in [-0.05, 0) is 44.8 Å². The number of hydrogen-bond donors (Lipinski definition) is 1. The van der Waals surface area contributed by atoms with E-state index in [1.165, 1.54) is 0 Å². The van der Waals surface area contributed by atoms with Gasteiger partial charge in [-0.1, -0.05) is 23.7 Å². The molecule has 5 heteroatoms. The molecule has 1 heterocycles. The van der Waals surface area contributed by atoms with Crippen LogP contribution in [-0.2, 0) is 4.79 Å². The molecule has 120 valence electrons. The van der Waals surface area contributed by atoms with Crippen molar-refractivity contribution >= 4 is 23.6 Å². The van der Waals surface area contributed by atoms with Crippen molar-refractivity contribution in [1.29, 1.82) is 0 Å². The first-order valence-electron chi connectivity index (χ1n) is 7.56. The number of halogens is 1. The molecule has 1 aliphatic heterocycles. The van der Waals surface area contributed by atoms with Gasteiger partial charge in [-0.15, -0.1) is 0 Å². The van der Waals surface area contributed by atoms with Crippen LogP contribution in [0.3, 0.4) is 0 Å². The lowest BCUT2D eigenvalue weighted by atomic mass is 10.1. The minimum Gasteiger partial charge on any atom is -0.351 e. The Hall–Kier alpha value is -1.36. The van der Waals surface area contributed by atoms with Gasteiger partial charge in [0.05, 0.1) is 0 Å². The van der Waals surface area contributed by atoms with Gasteiger partial charge in [0.1, 0.15) is 0 Å². The smallest absolute Gasteiger partial charge is 0.246 e. The van der Waals surface area contributed by atoms with E-state index in [-0.39, 0.29) is 5.91 Å². The number of piperazine rings is 1. The number of amides is 1. The second-order valence-corrected chi connectivity index (χ2v) is 6.42. The number of hydrogen-bond acceptors (Lipinski definition) is 3. The zero-order valence-electron chi connectivity index (χ0n) is 13.5. The topological polar surface area (TPSA) is 35.6 Å². The van der Waals surface area contributed by atoms with Gasteiger partial charge in [0.15, 0.2) is 0 Å². The van der Waals surface area contributed by atoms with Crippen molar-refractivity contribution in [3.05, 3.63) is 40.4 Å². The van der Waals surface area contributed by atoms with E-state index in [1.807, 2.05) is 37.3 Å². The van der Waals surface area contributed by atoms with Crippen molar-refractivity contribution in [3.63, 3.8) is 0 Å². The van der Waals surface area contributed by atoms with Gasteiger partial charge in [0, 0.05) is 42.8 Å². The molecule has 0 aromatic heterocycles. The summed E-state index contributed by atoms with van der Waals surface area (Å²) >= 11 is 5.86. The van der Waals surface area contributed by atoms with Gasteiger partial charge in [0.2, 0.25) is 5.91 Å². The fourth-order valence-electron chi connectivity index (χ4n) is 2.55. The average molecular weight is 322 g/mol. The average Bonchev–Trinajstić information content (AvgIpc) is 2.50. The summed E-state index contributed by atoms with van der Waals surface area (Å²) in [6.45, 7) is 5.61. The second-order valence-electron chi connectivity index (χ2n) is 5.99. The quantitative estimate of drug-likeness (QED) is 0.863. The van der Waals surface area contributed by atoms with Crippen LogP contribution < -0.4 is 5.32 Å². The number of nitrogens with one attached hydrogen (secondary N) is 1. The van der Waals surface area contributed by atoms with Crippen LogP contribution in [-0.4, -0.2) is 62.0 Å². The first-order chi connectivity index (χ1) is 10.5. The number of rotatable bonds is 4. The van der Waals surface area contributed by atoms with Crippen molar-refractivity contribution in [2.45, 2.75) is 13.0 Å². The van der Waals surface area contributed by atoms with E-state index in [1.54, 1.807) is 0 Å². The number of likely N-dealkylation sites (N-methyl/N-ethyl adjacent to an activating group) is 2. The fourth-order valence-corrected chi connectivity index (χ4v) is 2.67. The molecule has 1 saturated heterocycles. The number of carbonyl (C=O) groups excluding carboxylic acids is 1. The highest BCUT2D eigenvalue weighted by Gasteiger charge is 2.22. The van der Waals surface area contributed by atoms with E-state index < -0.39 is 0 Å². The Balaban J connectivity index is 1.89. The Bertz CT molecular complexity index is 541. The van der Waals surface area contributed by atoms with Crippen LogP contribution in [0.5, 0.6) is 0 Å². The van der Waals surface area contributed by atoms with Gasteiger partial charge in [-0.2, -0.15) is 0 Å². The number of nitrogens with zero attached hydrogens (tertiary/aromatic N) is 2. The molecule has 1 amide bonds. The highest BCUT2D eigenvalue weighted by molar-refractivity contribution is 6.30. The van der Waals surface area contributed by atoms with Gasteiger partial charge in [-0.25, -0.2) is 0 Å². The summed E-state index contributed by atoms with van der Waals surface area (Å²) in [6, 6.07) is 7.83. The molecule has 1 atom stereocenters. The molecule has 1 unspecified atom stereocenters. The van der Waals surface area contributed by atoms with Gasteiger partial charge in [0.25, 0.3) is 0 Å². The minimum absolute atomic E-state index is 0.0171. The molecular formula is C17H24ClN3O. The van der Waals surface area contributed by atoms with Crippen molar-refractivity contribution in [2.24, 2.45) is 0 Å². The molecule has 1 fully saturated rings. The Morgan fingerprint density at radius 1 is 1.32 bits per heavy atom. The lowest BCUT2D eigenvalue weighted by molar-refractivity contribution is -0.117. The molecule has 4 nitrogen and oxygen atoms in total. The Labute approximate surface area is 137 Å². The predicted octanol–water partition coefficient (Wildman–Crippen LogP) is 2.11. The van der Waals surface area contributed by atoms with E-state index in [4.69, 9.17) is 11.6 Å². The van der Waals surface area contributed by atoms with Crippen molar-refractivity contribution in [1.82, 2.24) is 15.1 Å². The highest BCUT2D eigenvalue weighted by Crippen LogP contribution is 2.12. The first-order valence-corrected chi connectivity index (χ1v) is 7.94. The summed E-state index contributed by atoms with van der Waals surface area (Å²) in [7, 11) is 4.23. The van der Waals surface area contributed by atoms with E-state index in [9.17, 15) is 4.79 Å². The van der Waals surface area contributed by atoms with E-state index >= 15 is 0 Å². The molecule has 1 aromatic carbocycles. The fraction of sp³-hybridized carbons (Fsp3) is 0.471. The SMILES string of the molecule is C/C(=C\c1ccc(Cl)cc1)C(=O)NCC1CN(C)CCN1C. The zero-order chi connectivity index (χ0) is 16.1.